The van der Waals surface area contributed by atoms with E-state index in [-0.39, 0.29) is 35.2 Å². The van der Waals surface area contributed by atoms with Gasteiger partial charge in [-0.15, -0.1) is 0 Å². The van der Waals surface area contributed by atoms with E-state index in [1.165, 1.54) is 42.7 Å². The average Bonchev–Trinajstić information content (AvgIpc) is 3.32. The number of hydrogen-bond acceptors (Lipinski definition) is 7. The Morgan fingerprint density at radius 2 is 1.77 bits per heavy atom. The van der Waals surface area contributed by atoms with Crippen LogP contribution in [0.25, 0.3) is 5.57 Å². The molecule has 2 aliphatic rings. The van der Waals surface area contributed by atoms with Crippen LogP contribution in [0.3, 0.4) is 0 Å². The molecular weight excluding hydrogens is 480 g/mol. The maximum Gasteiger partial charge on any atom is 0.257 e. The number of hydrogen-bond donors (Lipinski definition) is 1. The van der Waals surface area contributed by atoms with E-state index >= 15 is 0 Å². The Labute approximate surface area is 202 Å². The highest BCUT2D eigenvalue weighted by atomic mass is 32.2. The van der Waals surface area contributed by atoms with Gasteiger partial charge in [-0.1, -0.05) is 18.2 Å². The predicted molar refractivity (Wildman–Crippen MR) is 125 cm³/mol. The molecule has 8 nitrogen and oxygen atoms in total. The molecule has 1 amide bonds. The summed E-state index contributed by atoms with van der Waals surface area (Å²) in [6, 6.07) is 5.75. The normalized spacial score (nSPS) is 26.6. The summed E-state index contributed by atoms with van der Waals surface area (Å²) in [6.45, 7) is 3.92. The standard InChI is InChI=1S/C24H27F2N3O5S/c1-24(2)33-13-21(34-24)20-11-28-22(12-27-20)29-23(30)17(8-14-9-18(25)19(26)10-14)15-4-6-16(7-5-15)35(3,31)32/h4-8,11-12,14,18-19,21H,9-10,13H2,1-3H3,(H,28,29,30)/b17-8+/t14-,18+,19-,21-/m1/s1. The molecule has 4 atom stereocenters. The van der Waals surface area contributed by atoms with Gasteiger partial charge >= 0.3 is 0 Å². The fraction of sp³-hybridized carbons (Fsp3) is 0.458. The second-order valence-corrected chi connectivity index (χ2v) is 11.3. The molecule has 1 saturated carbocycles. The van der Waals surface area contributed by atoms with E-state index in [1.54, 1.807) is 13.8 Å². The van der Waals surface area contributed by atoms with E-state index in [9.17, 15) is 22.0 Å². The van der Waals surface area contributed by atoms with E-state index < -0.39 is 39.8 Å². The molecule has 2 aromatic rings. The van der Waals surface area contributed by atoms with Crippen LogP contribution in [0.15, 0.2) is 47.6 Å². The van der Waals surface area contributed by atoms with Gasteiger partial charge in [0.1, 0.15) is 18.4 Å². The van der Waals surface area contributed by atoms with Crippen LogP contribution in [-0.2, 0) is 24.1 Å². The Kier molecular flexibility index (Phi) is 7.03. The van der Waals surface area contributed by atoms with E-state index in [0.717, 1.165) is 6.26 Å². The monoisotopic (exact) mass is 507 g/mol. The van der Waals surface area contributed by atoms with Gasteiger partial charge in [-0.05, 0) is 50.3 Å². The molecule has 0 bridgehead atoms. The maximum absolute atomic E-state index is 13.8. The van der Waals surface area contributed by atoms with Gasteiger partial charge in [0.2, 0.25) is 0 Å². The van der Waals surface area contributed by atoms with Crippen LogP contribution >= 0.6 is 0 Å². The number of carbonyl (C=O) groups excluding carboxylic acids is 1. The van der Waals surface area contributed by atoms with Crippen LogP contribution < -0.4 is 5.32 Å². The molecule has 1 aliphatic carbocycles. The zero-order valence-corrected chi connectivity index (χ0v) is 20.4. The van der Waals surface area contributed by atoms with Crippen LogP contribution in [0, 0.1) is 5.92 Å². The van der Waals surface area contributed by atoms with Crippen molar-refractivity contribution in [1.29, 1.82) is 0 Å². The lowest BCUT2D eigenvalue weighted by Gasteiger charge is -2.16. The molecule has 4 rings (SSSR count). The highest BCUT2D eigenvalue weighted by Crippen LogP contribution is 2.34. The van der Waals surface area contributed by atoms with Crippen LogP contribution in [0.5, 0.6) is 0 Å². The van der Waals surface area contributed by atoms with E-state index in [0.29, 0.717) is 17.9 Å². The van der Waals surface area contributed by atoms with Gasteiger partial charge in [-0.25, -0.2) is 22.2 Å². The largest absolute Gasteiger partial charge is 0.347 e. The molecule has 188 valence electrons. The highest BCUT2D eigenvalue weighted by molar-refractivity contribution is 7.90. The second kappa shape index (κ2) is 9.71. The maximum atomic E-state index is 13.8. The third-order valence-electron chi connectivity index (χ3n) is 5.94. The van der Waals surface area contributed by atoms with Crippen molar-refractivity contribution in [3.05, 3.63) is 54.0 Å². The lowest BCUT2D eigenvalue weighted by molar-refractivity contribution is -0.139. The van der Waals surface area contributed by atoms with Crippen LogP contribution in [0.1, 0.15) is 44.1 Å². The van der Waals surface area contributed by atoms with Crippen molar-refractivity contribution in [2.24, 2.45) is 5.92 Å². The van der Waals surface area contributed by atoms with E-state index in [1.807, 2.05) is 0 Å². The highest BCUT2D eigenvalue weighted by Gasteiger charge is 2.35. The number of anilines is 1. The third kappa shape index (κ3) is 6.09. The van der Waals surface area contributed by atoms with Crippen molar-refractivity contribution in [2.45, 2.75) is 55.8 Å². The minimum atomic E-state index is -3.43. The summed E-state index contributed by atoms with van der Waals surface area (Å²) in [4.78, 5) is 21.8. The summed E-state index contributed by atoms with van der Waals surface area (Å²) in [5.41, 5.74) is 1.13. The number of allylic oxidation sites excluding steroid dienone is 1. The molecule has 2 heterocycles. The molecule has 1 aromatic heterocycles. The molecule has 2 fully saturated rings. The van der Waals surface area contributed by atoms with Gasteiger partial charge in [0, 0.05) is 11.8 Å². The number of aromatic nitrogens is 2. The second-order valence-electron chi connectivity index (χ2n) is 9.24. The molecule has 0 unspecified atom stereocenters. The number of halogens is 2. The van der Waals surface area contributed by atoms with Crippen molar-refractivity contribution in [3.8, 4) is 0 Å². The van der Waals surface area contributed by atoms with Gasteiger partial charge < -0.3 is 14.8 Å². The summed E-state index contributed by atoms with van der Waals surface area (Å²) in [6.07, 6.45) is 1.86. The van der Waals surface area contributed by atoms with Gasteiger partial charge in [-0.2, -0.15) is 0 Å². The lowest BCUT2D eigenvalue weighted by atomic mass is 9.98. The zero-order valence-electron chi connectivity index (χ0n) is 19.6. The first-order chi connectivity index (χ1) is 16.4. The smallest absolute Gasteiger partial charge is 0.257 e. The number of sulfone groups is 1. The van der Waals surface area contributed by atoms with Crippen molar-refractivity contribution < 1.29 is 31.5 Å². The minimum absolute atomic E-state index is 0.0340. The molecule has 35 heavy (non-hydrogen) atoms. The number of rotatable bonds is 6. The summed E-state index contributed by atoms with van der Waals surface area (Å²) in [7, 11) is -3.43. The van der Waals surface area contributed by atoms with Crippen LogP contribution in [-0.4, -0.2) is 55.3 Å². The number of ether oxygens (including phenoxy) is 2. The fourth-order valence-electron chi connectivity index (χ4n) is 4.11. The van der Waals surface area contributed by atoms with Crippen molar-refractivity contribution in [2.75, 3.05) is 18.2 Å². The Morgan fingerprint density at radius 1 is 1.11 bits per heavy atom. The minimum Gasteiger partial charge on any atom is -0.347 e. The first-order valence-corrected chi connectivity index (χ1v) is 13.1. The number of benzene rings is 1. The predicted octanol–water partition coefficient (Wildman–Crippen LogP) is 3.81. The van der Waals surface area contributed by atoms with Gasteiger partial charge in [0.25, 0.3) is 5.91 Å². The topological polar surface area (TPSA) is 107 Å². The molecule has 11 heteroatoms. The lowest BCUT2D eigenvalue weighted by Crippen LogP contribution is -2.20. The first kappa shape index (κ1) is 25.3. The number of nitrogens with zero attached hydrogens (tertiary/aromatic N) is 2. The fourth-order valence-corrected chi connectivity index (χ4v) is 4.74. The third-order valence-corrected chi connectivity index (χ3v) is 7.07. The Balaban J connectivity index is 1.55. The molecule has 0 radical (unpaired) electrons. The van der Waals surface area contributed by atoms with Crippen molar-refractivity contribution >= 4 is 27.1 Å². The summed E-state index contributed by atoms with van der Waals surface area (Å²) < 4.78 is 62.4. The Bertz CT molecular complexity index is 1210. The molecule has 0 spiro atoms. The zero-order chi connectivity index (χ0) is 25.4. The molecule has 1 N–H and O–H groups in total. The molecule has 1 aliphatic heterocycles. The summed E-state index contributed by atoms with van der Waals surface area (Å²) in [5.74, 6) is -1.58. The van der Waals surface area contributed by atoms with E-state index in [2.05, 4.69) is 15.3 Å². The average molecular weight is 508 g/mol. The SMILES string of the molecule is CC1(C)OC[C@H](c2cnc(NC(=O)/C(=C/[C@H]3C[C@@H](F)[C@@H](F)C3)c3ccc(S(C)(=O)=O)cc3)cn2)O1. The van der Waals surface area contributed by atoms with E-state index in [4.69, 9.17) is 9.47 Å². The van der Waals surface area contributed by atoms with Gasteiger partial charge in [-0.3, -0.25) is 9.78 Å². The molecule has 1 aromatic carbocycles. The number of amides is 1. The van der Waals surface area contributed by atoms with Crippen LogP contribution in [0.4, 0.5) is 14.6 Å². The number of nitrogens with one attached hydrogen (secondary N) is 1. The van der Waals surface area contributed by atoms with Crippen molar-refractivity contribution in [3.63, 3.8) is 0 Å². The number of carbonyl (C=O) groups is 1. The summed E-state index contributed by atoms with van der Waals surface area (Å²) in [5, 5.41) is 2.66. The first-order valence-electron chi connectivity index (χ1n) is 11.2. The summed E-state index contributed by atoms with van der Waals surface area (Å²) >= 11 is 0. The number of alkyl halides is 2. The quantitative estimate of drug-likeness (QED) is 0.593. The Morgan fingerprint density at radius 3 is 2.29 bits per heavy atom. The van der Waals surface area contributed by atoms with Crippen molar-refractivity contribution in [1.82, 2.24) is 9.97 Å². The molecule has 1 saturated heterocycles. The van der Waals surface area contributed by atoms with Crippen LogP contribution in [0.2, 0.25) is 0 Å². The van der Waals surface area contributed by atoms with Gasteiger partial charge in [0.15, 0.2) is 21.4 Å². The van der Waals surface area contributed by atoms with Gasteiger partial charge in [0.05, 0.1) is 29.6 Å². The Hall–Kier alpha value is -2.76. The molecular formula is C24H27F2N3O5S.